The van der Waals surface area contributed by atoms with Gasteiger partial charge in [-0.25, -0.2) is 9.37 Å². The lowest BCUT2D eigenvalue weighted by Gasteiger charge is -2.03. The Morgan fingerprint density at radius 2 is 2.29 bits per heavy atom. The Morgan fingerprint density at radius 1 is 1.53 bits per heavy atom. The highest BCUT2D eigenvalue weighted by molar-refractivity contribution is 9.10. The van der Waals surface area contributed by atoms with Gasteiger partial charge in [-0.3, -0.25) is 4.79 Å². The van der Waals surface area contributed by atoms with Crippen LogP contribution in [0.2, 0.25) is 0 Å². The van der Waals surface area contributed by atoms with Crippen molar-refractivity contribution in [1.29, 1.82) is 0 Å². The highest BCUT2D eigenvalue weighted by Crippen LogP contribution is 2.16. The fourth-order valence-corrected chi connectivity index (χ4v) is 1.88. The molecule has 0 saturated carbocycles. The summed E-state index contributed by atoms with van der Waals surface area (Å²) < 4.78 is 15.8. The number of nitrogens with zero attached hydrogens (tertiary/aromatic N) is 2. The van der Waals surface area contributed by atoms with Gasteiger partial charge in [0, 0.05) is 30.3 Å². The maximum atomic E-state index is 13.5. The molecule has 3 nitrogen and oxygen atoms in total. The Hall–Kier alpha value is -1.49. The van der Waals surface area contributed by atoms with E-state index >= 15 is 0 Å². The van der Waals surface area contributed by atoms with Gasteiger partial charge in [0.15, 0.2) is 5.82 Å². The summed E-state index contributed by atoms with van der Waals surface area (Å²) in [5, 5.41) is 0. The maximum absolute atomic E-state index is 13.5. The SMILES string of the molecule is Cn1ccnc1C(=O)Cc1ccc(Br)cc1F. The summed E-state index contributed by atoms with van der Waals surface area (Å²) >= 11 is 3.17. The van der Waals surface area contributed by atoms with Crippen LogP contribution in [0.5, 0.6) is 0 Å². The van der Waals surface area contributed by atoms with Gasteiger partial charge in [0.05, 0.1) is 0 Å². The Labute approximate surface area is 106 Å². The largest absolute Gasteiger partial charge is 0.332 e. The summed E-state index contributed by atoms with van der Waals surface area (Å²) in [4.78, 5) is 15.8. The van der Waals surface area contributed by atoms with E-state index in [0.29, 0.717) is 15.9 Å². The van der Waals surface area contributed by atoms with E-state index < -0.39 is 0 Å². The number of rotatable bonds is 3. The minimum Gasteiger partial charge on any atom is -0.332 e. The average molecular weight is 297 g/mol. The number of imidazole rings is 1. The summed E-state index contributed by atoms with van der Waals surface area (Å²) in [7, 11) is 1.73. The number of aryl methyl sites for hydroxylation is 1. The predicted octanol–water partition coefficient (Wildman–Crippen LogP) is 2.75. The molecule has 0 unspecified atom stereocenters. The molecule has 1 heterocycles. The lowest BCUT2D eigenvalue weighted by Crippen LogP contribution is -2.11. The molecule has 0 atom stereocenters. The molecule has 0 saturated heterocycles. The third-order valence-corrected chi connectivity index (χ3v) is 2.93. The number of benzene rings is 1. The first-order chi connectivity index (χ1) is 8.08. The van der Waals surface area contributed by atoms with Crippen LogP contribution in [-0.2, 0) is 13.5 Å². The zero-order valence-electron chi connectivity index (χ0n) is 9.15. The molecule has 0 spiro atoms. The van der Waals surface area contributed by atoms with Gasteiger partial charge in [-0.15, -0.1) is 0 Å². The molecule has 0 radical (unpaired) electrons. The van der Waals surface area contributed by atoms with Gasteiger partial charge in [-0.1, -0.05) is 22.0 Å². The van der Waals surface area contributed by atoms with Crippen molar-refractivity contribution in [2.45, 2.75) is 6.42 Å². The Bertz CT molecular complexity index is 565. The standard InChI is InChI=1S/C12H10BrFN2O/c1-16-5-4-15-12(16)11(17)6-8-2-3-9(13)7-10(8)14/h2-5,7H,6H2,1H3. The molecule has 0 fully saturated rings. The number of hydrogen-bond acceptors (Lipinski definition) is 2. The van der Waals surface area contributed by atoms with Crippen LogP contribution >= 0.6 is 15.9 Å². The van der Waals surface area contributed by atoms with Crippen molar-refractivity contribution in [2.75, 3.05) is 0 Å². The zero-order valence-corrected chi connectivity index (χ0v) is 10.7. The van der Waals surface area contributed by atoms with Crippen LogP contribution in [0.3, 0.4) is 0 Å². The number of halogens is 2. The zero-order chi connectivity index (χ0) is 12.4. The quantitative estimate of drug-likeness (QED) is 0.817. The van der Waals surface area contributed by atoms with Gasteiger partial charge >= 0.3 is 0 Å². The summed E-state index contributed by atoms with van der Waals surface area (Å²) in [6, 6.07) is 4.66. The van der Waals surface area contributed by atoms with Crippen LogP contribution in [0.25, 0.3) is 0 Å². The highest BCUT2D eigenvalue weighted by Gasteiger charge is 2.14. The van der Waals surface area contributed by atoms with Gasteiger partial charge in [0.25, 0.3) is 0 Å². The van der Waals surface area contributed by atoms with Crippen LogP contribution < -0.4 is 0 Å². The van der Waals surface area contributed by atoms with Crippen molar-refractivity contribution >= 4 is 21.7 Å². The number of carbonyl (C=O) groups is 1. The fraction of sp³-hybridized carbons (Fsp3) is 0.167. The average Bonchev–Trinajstić information content (AvgIpc) is 2.68. The summed E-state index contributed by atoms with van der Waals surface area (Å²) in [6.45, 7) is 0. The Kier molecular flexibility index (Phi) is 3.38. The van der Waals surface area contributed by atoms with E-state index in [2.05, 4.69) is 20.9 Å². The first-order valence-corrected chi connectivity index (χ1v) is 5.81. The number of hydrogen-bond donors (Lipinski definition) is 0. The van der Waals surface area contributed by atoms with Gasteiger partial charge in [-0.05, 0) is 17.7 Å². The summed E-state index contributed by atoms with van der Waals surface area (Å²) in [5.74, 6) is -0.243. The van der Waals surface area contributed by atoms with E-state index in [1.165, 1.54) is 6.07 Å². The van der Waals surface area contributed by atoms with Gasteiger partial charge in [0.2, 0.25) is 5.78 Å². The molecule has 2 aromatic rings. The summed E-state index contributed by atoms with van der Waals surface area (Å²) in [5.41, 5.74) is 0.376. The second-order valence-corrected chi connectivity index (χ2v) is 4.61. The normalized spacial score (nSPS) is 10.5. The molecule has 17 heavy (non-hydrogen) atoms. The molecular weight excluding hydrogens is 287 g/mol. The van der Waals surface area contributed by atoms with Gasteiger partial charge in [0.1, 0.15) is 5.82 Å². The topological polar surface area (TPSA) is 34.9 Å². The Morgan fingerprint density at radius 3 is 2.88 bits per heavy atom. The lowest BCUT2D eigenvalue weighted by molar-refractivity contribution is 0.0979. The fourth-order valence-electron chi connectivity index (χ4n) is 1.55. The molecular formula is C12H10BrFN2O. The molecule has 5 heteroatoms. The van der Waals surface area contributed by atoms with Gasteiger partial charge < -0.3 is 4.57 Å². The molecule has 1 aromatic carbocycles. The van der Waals surface area contributed by atoms with Crippen molar-refractivity contribution in [3.05, 3.63) is 52.3 Å². The minimum atomic E-state index is -0.387. The van der Waals surface area contributed by atoms with E-state index in [0.717, 1.165) is 0 Å². The van der Waals surface area contributed by atoms with E-state index in [4.69, 9.17) is 0 Å². The first-order valence-electron chi connectivity index (χ1n) is 5.02. The van der Waals surface area contributed by atoms with E-state index in [1.54, 1.807) is 36.1 Å². The van der Waals surface area contributed by atoms with Gasteiger partial charge in [-0.2, -0.15) is 0 Å². The van der Waals surface area contributed by atoms with E-state index in [1.807, 2.05) is 0 Å². The van der Waals surface area contributed by atoms with Crippen molar-refractivity contribution in [1.82, 2.24) is 9.55 Å². The summed E-state index contributed by atoms with van der Waals surface area (Å²) in [6.07, 6.45) is 3.25. The first kappa shape index (κ1) is 12.0. The van der Waals surface area contributed by atoms with Crippen molar-refractivity contribution in [2.24, 2.45) is 7.05 Å². The highest BCUT2D eigenvalue weighted by atomic mass is 79.9. The monoisotopic (exact) mass is 296 g/mol. The third-order valence-electron chi connectivity index (χ3n) is 2.44. The molecule has 0 bridgehead atoms. The third kappa shape index (κ3) is 2.61. The molecule has 2 rings (SSSR count). The van der Waals surface area contributed by atoms with Crippen molar-refractivity contribution in [3.8, 4) is 0 Å². The Balaban J connectivity index is 2.22. The molecule has 0 aliphatic carbocycles. The van der Waals surface area contributed by atoms with E-state index in [9.17, 15) is 9.18 Å². The van der Waals surface area contributed by atoms with Crippen LogP contribution in [-0.4, -0.2) is 15.3 Å². The molecule has 1 aromatic heterocycles. The maximum Gasteiger partial charge on any atom is 0.202 e. The van der Waals surface area contributed by atoms with Crippen molar-refractivity contribution in [3.63, 3.8) is 0 Å². The molecule has 88 valence electrons. The van der Waals surface area contributed by atoms with Crippen LogP contribution in [0.4, 0.5) is 4.39 Å². The molecule has 0 amide bonds. The molecule has 0 aliphatic rings. The van der Waals surface area contributed by atoms with E-state index in [-0.39, 0.29) is 18.0 Å². The lowest BCUT2D eigenvalue weighted by atomic mass is 10.1. The van der Waals surface area contributed by atoms with Crippen LogP contribution in [0, 0.1) is 5.82 Å². The van der Waals surface area contributed by atoms with Crippen LogP contribution in [0.15, 0.2) is 35.1 Å². The number of carbonyl (C=O) groups excluding carboxylic acids is 1. The number of aromatic nitrogens is 2. The minimum absolute atomic E-state index is 0.0178. The second-order valence-electron chi connectivity index (χ2n) is 3.70. The van der Waals surface area contributed by atoms with Crippen LogP contribution in [0.1, 0.15) is 16.2 Å². The molecule has 0 N–H and O–H groups in total. The molecule has 0 aliphatic heterocycles. The predicted molar refractivity (Wildman–Crippen MR) is 65.3 cm³/mol. The smallest absolute Gasteiger partial charge is 0.202 e. The second kappa shape index (κ2) is 4.79. The number of ketones is 1. The number of Topliss-reactive ketones (excluding diaryl/α,β-unsaturated/α-hetero) is 1. The van der Waals surface area contributed by atoms with Crippen molar-refractivity contribution < 1.29 is 9.18 Å².